The van der Waals surface area contributed by atoms with Crippen LogP contribution >= 0.6 is 0 Å². The van der Waals surface area contributed by atoms with Crippen LogP contribution in [0.5, 0.6) is 0 Å². The average molecular weight is 332 g/mol. The van der Waals surface area contributed by atoms with E-state index in [0.29, 0.717) is 18.9 Å². The van der Waals surface area contributed by atoms with Crippen LogP contribution in [0.1, 0.15) is 16.7 Å². The third-order valence-electron chi connectivity index (χ3n) is 4.57. The highest BCUT2D eigenvalue weighted by Gasteiger charge is 2.31. The standard InChI is InChI=1S/C20H20N4O/c1-14-8-9-17(15(2)10-14)24-13-23(11-16-6-4-3-5-7-16)18-19(24)21-12-22-20(18)25/h3-10,12H,11,13H2,1-2H3,(H,21,22,25). The molecule has 0 spiro atoms. The van der Waals surface area contributed by atoms with Gasteiger partial charge in [0.15, 0.2) is 0 Å². The number of aryl methyl sites for hydroxylation is 2. The number of anilines is 3. The normalized spacial score (nSPS) is 13.2. The Bertz CT molecular complexity index is 965. The molecular formula is C20H20N4O. The Morgan fingerprint density at radius 2 is 1.92 bits per heavy atom. The predicted molar refractivity (Wildman–Crippen MR) is 100 cm³/mol. The van der Waals surface area contributed by atoms with Crippen molar-refractivity contribution in [3.63, 3.8) is 0 Å². The molecule has 126 valence electrons. The first kappa shape index (κ1) is 15.4. The molecule has 0 aliphatic carbocycles. The van der Waals surface area contributed by atoms with E-state index in [2.05, 4.69) is 63.9 Å². The van der Waals surface area contributed by atoms with Crippen molar-refractivity contribution in [2.75, 3.05) is 16.5 Å². The lowest BCUT2D eigenvalue weighted by molar-refractivity contribution is 0.827. The second kappa shape index (κ2) is 6.09. The van der Waals surface area contributed by atoms with E-state index in [4.69, 9.17) is 0 Å². The molecule has 2 heterocycles. The van der Waals surface area contributed by atoms with Crippen molar-refractivity contribution in [2.45, 2.75) is 20.4 Å². The van der Waals surface area contributed by atoms with Crippen LogP contribution < -0.4 is 15.4 Å². The highest BCUT2D eigenvalue weighted by atomic mass is 16.1. The van der Waals surface area contributed by atoms with Crippen molar-refractivity contribution in [3.8, 4) is 0 Å². The van der Waals surface area contributed by atoms with Gasteiger partial charge in [-0.3, -0.25) is 4.79 Å². The number of aromatic amines is 1. The second-order valence-corrected chi connectivity index (χ2v) is 6.45. The maximum Gasteiger partial charge on any atom is 0.298 e. The van der Waals surface area contributed by atoms with Crippen molar-refractivity contribution in [2.24, 2.45) is 0 Å². The van der Waals surface area contributed by atoms with E-state index < -0.39 is 0 Å². The number of hydrogen-bond donors (Lipinski definition) is 1. The molecule has 0 unspecified atom stereocenters. The van der Waals surface area contributed by atoms with Gasteiger partial charge in [-0.05, 0) is 31.0 Å². The molecule has 25 heavy (non-hydrogen) atoms. The lowest BCUT2D eigenvalue weighted by atomic mass is 10.1. The molecule has 1 aliphatic rings. The fraction of sp³-hybridized carbons (Fsp3) is 0.200. The molecule has 1 aliphatic heterocycles. The summed E-state index contributed by atoms with van der Waals surface area (Å²) in [6, 6.07) is 16.5. The van der Waals surface area contributed by atoms with Crippen molar-refractivity contribution in [1.82, 2.24) is 9.97 Å². The molecule has 5 heteroatoms. The summed E-state index contributed by atoms with van der Waals surface area (Å²) in [5.41, 5.74) is 5.11. The number of benzene rings is 2. The van der Waals surface area contributed by atoms with Crippen LogP contribution in [0.2, 0.25) is 0 Å². The molecule has 0 amide bonds. The molecule has 3 aromatic rings. The highest BCUT2D eigenvalue weighted by Crippen LogP contribution is 2.38. The molecule has 0 saturated carbocycles. The van der Waals surface area contributed by atoms with E-state index in [-0.39, 0.29) is 5.56 Å². The van der Waals surface area contributed by atoms with Gasteiger partial charge in [-0.15, -0.1) is 0 Å². The third kappa shape index (κ3) is 2.78. The lowest BCUT2D eigenvalue weighted by Crippen LogP contribution is -2.29. The van der Waals surface area contributed by atoms with Gasteiger partial charge < -0.3 is 14.8 Å². The first-order valence-corrected chi connectivity index (χ1v) is 8.35. The molecule has 0 atom stereocenters. The molecule has 4 rings (SSSR count). The predicted octanol–water partition coefficient (Wildman–Crippen LogP) is 3.50. The van der Waals surface area contributed by atoms with Gasteiger partial charge in [0.1, 0.15) is 11.5 Å². The monoisotopic (exact) mass is 332 g/mol. The molecule has 0 bridgehead atoms. The molecule has 0 saturated heterocycles. The van der Waals surface area contributed by atoms with Crippen LogP contribution in [0.25, 0.3) is 0 Å². The summed E-state index contributed by atoms with van der Waals surface area (Å²) >= 11 is 0. The third-order valence-corrected chi connectivity index (χ3v) is 4.57. The van der Waals surface area contributed by atoms with E-state index in [0.717, 1.165) is 11.5 Å². The van der Waals surface area contributed by atoms with E-state index in [1.54, 1.807) is 0 Å². The van der Waals surface area contributed by atoms with Gasteiger partial charge in [-0.2, -0.15) is 4.98 Å². The lowest BCUT2D eigenvalue weighted by Gasteiger charge is -2.23. The molecule has 5 nitrogen and oxygen atoms in total. The highest BCUT2D eigenvalue weighted by molar-refractivity contribution is 5.79. The maximum atomic E-state index is 12.4. The Kier molecular flexibility index (Phi) is 3.76. The minimum atomic E-state index is -0.197. The van der Waals surface area contributed by atoms with Crippen LogP contribution in [-0.2, 0) is 6.54 Å². The molecule has 0 fully saturated rings. The van der Waals surface area contributed by atoms with E-state index in [1.165, 1.54) is 23.0 Å². The van der Waals surface area contributed by atoms with Crippen molar-refractivity contribution in [1.29, 1.82) is 0 Å². The summed E-state index contributed by atoms with van der Waals surface area (Å²) in [5.74, 6) is 0.808. The minimum Gasteiger partial charge on any atom is -0.342 e. The summed E-state index contributed by atoms with van der Waals surface area (Å²) in [4.78, 5) is 23.8. The minimum absolute atomic E-state index is 0.197. The van der Waals surface area contributed by atoms with Gasteiger partial charge in [0.25, 0.3) is 5.56 Å². The first-order valence-electron chi connectivity index (χ1n) is 8.35. The Balaban J connectivity index is 1.77. The Morgan fingerprint density at radius 1 is 1.12 bits per heavy atom. The first-order chi connectivity index (χ1) is 12.1. The van der Waals surface area contributed by atoms with Gasteiger partial charge in [0, 0.05) is 12.2 Å². The Morgan fingerprint density at radius 3 is 2.68 bits per heavy atom. The quantitative estimate of drug-likeness (QED) is 0.797. The number of nitrogens with zero attached hydrogens (tertiary/aromatic N) is 3. The number of aromatic nitrogens is 2. The fourth-order valence-electron chi connectivity index (χ4n) is 3.42. The maximum absolute atomic E-state index is 12.4. The van der Waals surface area contributed by atoms with Gasteiger partial charge in [-0.25, -0.2) is 0 Å². The fourth-order valence-corrected chi connectivity index (χ4v) is 3.42. The zero-order valence-corrected chi connectivity index (χ0v) is 14.4. The number of hydrogen-bond acceptors (Lipinski definition) is 4. The zero-order chi connectivity index (χ0) is 17.4. The van der Waals surface area contributed by atoms with Crippen LogP contribution in [0.4, 0.5) is 17.2 Å². The number of nitrogens with one attached hydrogen (secondary N) is 1. The van der Waals surface area contributed by atoms with Crippen LogP contribution in [-0.4, -0.2) is 16.6 Å². The van der Waals surface area contributed by atoms with E-state index >= 15 is 0 Å². The summed E-state index contributed by atoms with van der Waals surface area (Å²) in [7, 11) is 0. The van der Waals surface area contributed by atoms with Gasteiger partial charge in [-0.1, -0.05) is 48.0 Å². The largest absolute Gasteiger partial charge is 0.342 e. The summed E-state index contributed by atoms with van der Waals surface area (Å²) in [5, 5.41) is 0. The van der Waals surface area contributed by atoms with Gasteiger partial charge in [0.05, 0.1) is 13.0 Å². The average Bonchev–Trinajstić information content (AvgIpc) is 2.95. The molecular weight excluding hydrogens is 312 g/mol. The van der Waals surface area contributed by atoms with E-state index in [1.807, 2.05) is 18.2 Å². The SMILES string of the molecule is Cc1ccc(N2CN(Cc3ccccc3)c3c2[nH]cnc3=O)c(C)c1. The Hall–Kier alpha value is -3.08. The molecule has 1 N–H and O–H groups in total. The van der Waals surface area contributed by atoms with Crippen molar-refractivity contribution in [3.05, 3.63) is 81.9 Å². The van der Waals surface area contributed by atoms with Gasteiger partial charge in [0.2, 0.25) is 0 Å². The van der Waals surface area contributed by atoms with Crippen LogP contribution in [0, 0.1) is 13.8 Å². The van der Waals surface area contributed by atoms with E-state index in [9.17, 15) is 4.79 Å². The van der Waals surface area contributed by atoms with Gasteiger partial charge >= 0.3 is 0 Å². The molecule has 1 aromatic heterocycles. The summed E-state index contributed by atoms with van der Waals surface area (Å²) in [6.07, 6.45) is 1.48. The smallest absolute Gasteiger partial charge is 0.298 e. The number of rotatable bonds is 3. The summed E-state index contributed by atoms with van der Waals surface area (Å²) < 4.78 is 0. The molecule has 2 aromatic carbocycles. The van der Waals surface area contributed by atoms with Crippen LogP contribution in [0.15, 0.2) is 59.7 Å². The topological polar surface area (TPSA) is 52.2 Å². The van der Waals surface area contributed by atoms with Crippen molar-refractivity contribution < 1.29 is 0 Å². The Labute approximate surface area is 146 Å². The summed E-state index contributed by atoms with van der Waals surface area (Å²) in [6.45, 7) is 5.47. The number of fused-ring (bicyclic) bond motifs is 1. The molecule has 0 radical (unpaired) electrons. The number of H-pyrrole nitrogens is 1. The van der Waals surface area contributed by atoms with Crippen LogP contribution in [0.3, 0.4) is 0 Å². The zero-order valence-electron chi connectivity index (χ0n) is 14.4. The second-order valence-electron chi connectivity index (χ2n) is 6.45. The van der Waals surface area contributed by atoms with Crippen molar-refractivity contribution >= 4 is 17.2 Å².